The molecule has 27 heavy (non-hydrogen) atoms. The van der Waals surface area contributed by atoms with Crippen LogP contribution in [0.2, 0.25) is 0 Å². The van der Waals surface area contributed by atoms with E-state index in [1.807, 2.05) is 29.1 Å². The van der Waals surface area contributed by atoms with Crippen LogP contribution in [-0.4, -0.2) is 47.8 Å². The van der Waals surface area contributed by atoms with Gasteiger partial charge in [-0.25, -0.2) is 0 Å². The molecule has 1 amide bonds. The van der Waals surface area contributed by atoms with E-state index in [9.17, 15) is 4.79 Å². The highest BCUT2D eigenvalue weighted by molar-refractivity contribution is 8.00. The summed E-state index contributed by atoms with van der Waals surface area (Å²) in [5, 5.41) is 7.73. The summed E-state index contributed by atoms with van der Waals surface area (Å²) in [7, 11) is 1.67. The van der Waals surface area contributed by atoms with Gasteiger partial charge in [0.2, 0.25) is 5.91 Å². The summed E-state index contributed by atoms with van der Waals surface area (Å²) in [4.78, 5) is 13.9. The number of thioether (sulfide) groups is 1. The molecule has 3 rings (SSSR count). The fourth-order valence-electron chi connectivity index (χ4n) is 3.17. The summed E-state index contributed by atoms with van der Waals surface area (Å²) in [6.07, 6.45) is 4.25. The van der Waals surface area contributed by atoms with Crippen molar-refractivity contribution in [3.8, 4) is 0 Å². The van der Waals surface area contributed by atoms with Gasteiger partial charge < -0.3 is 14.8 Å². The smallest absolute Gasteiger partial charge is 0.226 e. The zero-order valence-electron chi connectivity index (χ0n) is 15.8. The van der Waals surface area contributed by atoms with E-state index in [4.69, 9.17) is 9.47 Å². The lowest BCUT2D eigenvalue weighted by molar-refractivity contribution is -0.126. The Morgan fingerprint density at radius 1 is 1.44 bits per heavy atom. The molecule has 1 aromatic heterocycles. The number of benzene rings is 1. The molecule has 2 heterocycles. The van der Waals surface area contributed by atoms with Crippen LogP contribution in [0.5, 0.6) is 0 Å². The molecule has 1 unspecified atom stereocenters. The maximum absolute atomic E-state index is 12.7. The van der Waals surface area contributed by atoms with Crippen LogP contribution < -0.4 is 5.32 Å². The van der Waals surface area contributed by atoms with Gasteiger partial charge in [-0.2, -0.15) is 5.10 Å². The molecule has 1 N–H and O–H groups in total. The predicted molar refractivity (Wildman–Crippen MR) is 106 cm³/mol. The van der Waals surface area contributed by atoms with Gasteiger partial charge in [-0.05, 0) is 18.6 Å². The minimum absolute atomic E-state index is 0.0580. The topological polar surface area (TPSA) is 65.4 Å². The van der Waals surface area contributed by atoms with E-state index < -0.39 is 0 Å². The fourth-order valence-corrected chi connectivity index (χ4v) is 4.11. The Morgan fingerprint density at radius 2 is 2.26 bits per heavy atom. The zero-order valence-corrected chi connectivity index (χ0v) is 16.7. The fraction of sp³-hybridized carbons (Fsp3) is 0.500. The lowest BCUT2D eigenvalue weighted by atomic mass is 9.96. The average Bonchev–Trinajstić information content (AvgIpc) is 3.34. The van der Waals surface area contributed by atoms with Crippen LogP contribution >= 0.6 is 11.8 Å². The lowest BCUT2D eigenvalue weighted by Crippen LogP contribution is -2.35. The van der Waals surface area contributed by atoms with Crippen LogP contribution in [0, 0.1) is 5.92 Å². The highest BCUT2D eigenvalue weighted by atomic mass is 32.2. The van der Waals surface area contributed by atoms with Gasteiger partial charge in [-0.15, -0.1) is 11.8 Å². The number of nitrogens with zero attached hydrogens (tertiary/aromatic N) is 2. The van der Waals surface area contributed by atoms with E-state index in [1.54, 1.807) is 25.1 Å². The van der Waals surface area contributed by atoms with Crippen molar-refractivity contribution in [2.45, 2.75) is 36.1 Å². The molecule has 6 nitrogen and oxygen atoms in total. The highest BCUT2D eigenvalue weighted by Crippen LogP contribution is 2.34. The van der Waals surface area contributed by atoms with Crippen molar-refractivity contribution < 1.29 is 14.3 Å². The number of rotatable bonds is 9. The summed E-state index contributed by atoms with van der Waals surface area (Å²) in [6, 6.07) is 10.2. The summed E-state index contributed by atoms with van der Waals surface area (Å²) < 4.78 is 12.7. The zero-order chi connectivity index (χ0) is 19.1. The normalized spacial score (nSPS) is 20.5. The maximum atomic E-state index is 12.7. The van der Waals surface area contributed by atoms with Crippen molar-refractivity contribution >= 4 is 17.7 Å². The van der Waals surface area contributed by atoms with Crippen LogP contribution in [0.3, 0.4) is 0 Å². The van der Waals surface area contributed by atoms with Gasteiger partial charge >= 0.3 is 0 Å². The van der Waals surface area contributed by atoms with Crippen LogP contribution in [-0.2, 0) is 20.8 Å². The second kappa shape index (κ2) is 9.92. The quantitative estimate of drug-likeness (QED) is 0.668. The van der Waals surface area contributed by atoms with Crippen LogP contribution in [0.4, 0.5) is 0 Å². The van der Waals surface area contributed by atoms with E-state index in [-0.39, 0.29) is 17.9 Å². The van der Waals surface area contributed by atoms with E-state index in [2.05, 4.69) is 29.5 Å². The molecule has 3 atom stereocenters. The molecule has 0 bridgehead atoms. The van der Waals surface area contributed by atoms with Gasteiger partial charge in [0.15, 0.2) is 0 Å². The third-order valence-electron chi connectivity index (χ3n) is 4.58. The summed E-state index contributed by atoms with van der Waals surface area (Å²) in [6.45, 7) is 4.65. The highest BCUT2D eigenvalue weighted by Gasteiger charge is 2.36. The van der Waals surface area contributed by atoms with Crippen molar-refractivity contribution in [3.63, 3.8) is 0 Å². The van der Waals surface area contributed by atoms with E-state index in [0.29, 0.717) is 31.6 Å². The third-order valence-corrected chi connectivity index (χ3v) is 5.69. The standard InChI is InChI=1S/C20H27N3O3S/c1-15(27-17-6-4-3-5-7-17)12-21-20(24)18-8-10-26-19(18)16-13-22-23(14-16)9-11-25-2/h3-7,13-15,18-19H,8-12H2,1-2H3,(H,21,24)/t15?,18-,19+/m0/s1. The van der Waals surface area contributed by atoms with Crippen molar-refractivity contribution in [3.05, 3.63) is 48.3 Å². The SMILES string of the molecule is COCCn1cc([C@H]2OCC[C@@H]2C(=O)NCC(C)Sc2ccccc2)cn1. The number of nitrogens with one attached hydrogen (secondary N) is 1. The Bertz CT molecular complexity index is 722. The minimum atomic E-state index is -0.224. The van der Waals surface area contributed by atoms with Gasteiger partial charge in [0.05, 0.1) is 31.4 Å². The first-order chi connectivity index (χ1) is 13.2. The number of aromatic nitrogens is 2. The second-order valence-electron chi connectivity index (χ2n) is 6.70. The molecule has 0 saturated carbocycles. The number of hydrogen-bond acceptors (Lipinski definition) is 5. The van der Waals surface area contributed by atoms with Crippen molar-refractivity contribution in [1.82, 2.24) is 15.1 Å². The van der Waals surface area contributed by atoms with Crippen LogP contribution in [0.1, 0.15) is 25.0 Å². The average molecular weight is 390 g/mol. The molecule has 1 fully saturated rings. The number of amides is 1. The molecule has 1 aliphatic rings. The Morgan fingerprint density at radius 3 is 3.04 bits per heavy atom. The first-order valence-corrected chi connectivity index (χ1v) is 10.2. The first-order valence-electron chi connectivity index (χ1n) is 9.29. The largest absolute Gasteiger partial charge is 0.383 e. The molecule has 0 radical (unpaired) electrons. The van der Waals surface area contributed by atoms with Gasteiger partial charge in [-0.1, -0.05) is 25.1 Å². The first kappa shape index (κ1) is 19.9. The maximum Gasteiger partial charge on any atom is 0.226 e. The van der Waals surface area contributed by atoms with Crippen molar-refractivity contribution in [1.29, 1.82) is 0 Å². The molecule has 7 heteroatoms. The molecule has 1 aliphatic heterocycles. The third kappa shape index (κ3) is 5.57. The number of ether oxygens (including phenoxy) is 2. The van der Waals surface area contributed by atoms with Gasteiger partial charge in [0.25, 0.3) is 0 Å². The number of hydrogen-bond donors (Lipinski definition) is 1. The molecule has 0 spiro atoms. The van der Waals surface area contributed by atoms with Crippen LogP contribution in [0.15, 0.2) is 47.6 Å². The molecule has 0 aliphatic carbocycles. The lowest BCUT2D eigenvalue weighted by Gasteiger charge is -2.19. The van der Waals surface area contributed by atoms with Gasteiger partial charge in [-0.3, -0.25) is 9.48 Å². The molecular weight excluding hydrogens is 362 g/mol. The molecule has 146 valence electrons. The molecule has 1 saturated heterocycles. The summed E-state index contributed by atoms with van der Waals surface area (Å²) >= 11 is 1.77. The van der Waals surface area contributed by atoms with Gasteiger partial charge in [0.1, 0.15) is 0 Å². The van der Waals surface area contributed by atoms with Crippen molar-refractivity contribution in [2.24, 2.45) is 5.92 Å². The molecule has 1 aromatic carbocycles. The molecule has 2 aromatic rings. The van der Waals surface area contributed by atoms with E-state index >= 15 is 0 Å². The number of carbonyl (C=O) groups is 1. The van der Waals surface area contributed by atoms with Gasteiger partial charge in [0, 0.05) is 42.2 Å². The number of methoxy groups -OCH3 is 1. The second-order valence-corrected chi connectivity index (χ2v) is 8.21. The Labute approximate surface area is 164 Å². The Balaban J connectivity index is 1.51. The monoisotopic (exact) mass is 389 g/mol. The minimum Gasteiger partial charge on any atom is -0.383 e. The predicted octanol–water partition coefficient (Wildman–Crippen LogP) is 2.90. The summed E-state index contributed by atoms with van der Waals surface area (Å²) in [5.74, 6) is -0.110. The number of carbonyl (C=O) groups excluding carboxylic acids is 1. The Hall–Kier alpha value is -1.83. The van der Waals surface area contributed by atoms with E-state index in [1.165, 1.54) is 4.90 Å². The molecular formula is C20H27N3O3S. The van der Waals surface area contributed by atoms with Crippen LogP contribution in [0.25, 0.3) is 0 Å². The van der Waals surface area contributed by atoms with Crippen molar-refractivity contribution in [2.75, 3.05) is 26.9 Å². The Kier molecular flexibility index (Phi) is 7.32. The van der Waals surface area contributed by atoms with E-state index in [0.717, 1.165) is 12.0 Å². The summed E-state index contributed by atoms with van der Waals surface area (Å²) in [5.41, 5.74) is 0.954.